The predicted octanol–water partition coefficient (Wildman–Crippen LogP) is 2.99. The smallest absolute Gasteiger partial charge is 0.184 e. The molecule has 0 amide bonds. The molecule has 1 rings (SSSR count). The lowest BCUT2D eigenvalue weighted by Gasteiger charge is -2.16. The molecular formula is C15H19NO3. The highest BCUT2D eigenvalue weighted by molar-refractivity contribution is 6.02. The van der Waals surface area contributed by atoms with Gasteiger partial charge in [0.2, 0.25) is 0 Å². The van der Waals surface area contributed by atoms with Crippen molar-refractivity contribution in [1.29, 1.82) is 5.26 Å². The Morgan fingerprint density at radius 2 is 1.79 bits per heavy atom. The second kappa shape index (κ2) is 6.24. The number of hydrogen-bond donors (Lipinski definition) is 0. The van der Waals surface area contributed by atoms with Crippen molar-refractivity contribution >= 4 is 5.78 Å². The molecule has 0 spiro atoms. The number of ether oxygens (including phenoxy) is 2. The van der Waals surface area contributed by atoms with Crippen molar-refractivity contribution in [2.75, 3.05) is 14.2 Å². The number of Topliss-reactive ketones (excluding diaryl/α,β-unsaturated/α-hetero) is 1. The van der Waals surface area contributed by atoms with Crippen LogP contribution in [-0.2, 0) is 0 Å². The topological polar surface area (TPSA) is 59.3 Å². The lowest BCUT2D eigenvalue weighted by atomic mass is 9.88. The maximum Gasteiger partial charge on any atom is 0.184 e. The van der Waals surface area contributed by atoms with Gasteiger partial charge in [0.15, 0.2) is 5.78 Å². The largest absolute Gasteiger partial charge is 0.496 e. The van der Waals surface area contributed by atoms with E-state index in [-0.39, 0.29) is 11.7 Å². The molecule has 0 aliphatic rings. The normalized spacial score (nSPS) is 11.8. The van der Waals surface area contributed by atoms with E-state index in [0.29, 0.717) is 17.1 Å². The van der Waals surface area contributed by atoms with Gasteiger partial charge in [-0.05, 0) is 30.5 Å². The van der Waals surface area contributed by atoms with E-state index in [1.54, 1.807) is 19.2 Å². The molecule has 0 aliphatic carbocycles. The number of nitriles is 1. The van der Waals surface area contributed by atoms with Crippen molar-refractivity contribution in [3.8, 4) is 17.6 Å². The number of aryl methyl sites for hydroxylation is 1. The summed E-state index contributed by atoms with van der Waals surface area (Å²) in [5, 5.41) is 9.13. The third-order valence-corrected chi connectivity index (χ3v) is 3.07. The molecule has 0 radical (unpaired) electrons. The molecule has 0 saturated heterocycles. The van der Waals surface area contributed by atoms with Crippen LogP contribution in [0.2, 0.25) is 0 Å². The van der Waals surface area contributed by atoms with Gasteiger partial charge in [-0.3, -0.25) is 4.79 Å². The summed E-state index contributed by atoms with van der Waals surface area (Å²) >= 11 is 0. The first kappa shape index (κ1) is 15.0. The molecule has 0 saturated carbocycles. The van der Waals surface area contributed by atoms with Crippen molar-refractivity contribution in [3.05, 3.63) is 23.3 Å². The van der Waals surface area contributed by atoms with Crippen molar-refractivity contribution in [2.24, 2.45) is 11.8 Å². The van der Waals surface area contributed by atoms with E-state index in [2.05, 4.69) is 6.07 Å². The van der Waals surface area contributed by atoms with Gasteiger partial charge in [0.25, 0.3) is 0 Å². The van der Waals surface area contributed by atoms with Crippen LogP contribution < -0.4 is 9.47 Å². The molecule has 1 aromatic rings. The Kier molecular flexibility index (Phi) is 4.94. The number of methoxy groups -OCH3 is 2. The van der Waals surface area contributed by atoms with Gasteiger partial charge in [-0.1, -0.05) is 13.8 Å². The van der Waals surface area contributed by atoms with Gasteiger partial charge in [0.05, 0.1) is 25.9 Å². The summed E-state index contributed by atoms with van der Waals surface area (Å²) in [6, 6.07) is 5.45. The van der Waals surface area contributed by atoms with E-state index in [1.165, 1.54) is 7.11 Å². The molecule has 0 aliphatic heterocycles. The van der Waals surface area contributed by atoms with Gasteiger partial charge >= 0.3 is 0 Å². The van der Waals surface area contributed by atoms with Crippen molar-refractivity contribution in [2.45, 2.75) is 20.8 Å². The van der Waals surface area contributed by atoms with Crippen LogP contribution in [0.4, 0.5) is 0 Å². The maximum atomic E-state index is 12.4. The minimum atomic E-state index is -0.679. The van der Waals surface area contributed by atoms with Crippen LogP contribution in [0.25, 0.3) is 0 Å². The first-order chi connectivity index (χ1) is 8.96. The Morgan fingerprint density at radius 3 is 2.21 bits per heavy atom. The Bertz CT molecular complexity index is 515. The highest BCUT2D eigenvalue weighted by Gasteiger charge is 2.26. The third-order valence-electron chi connectivity index (χ3n) is 3.07. The second-order valence-corrected chi connectivity index (χ2v) is 4.74. The van der Waals surface area contributed by atoms with E-state index in [0.717, 1.165) is 5.56 Å². The number of benzene rings is 1. The van der Waals surface area contributed by atoms with Crippen LogP contribution in [0.1, 0.15) is 29.8 Å². The molecule has 19 heavy (non-hydrogen) atoms. The van der Waals surface area contributed by atoms with Crippen LogP contribution in [-0.4, -0.2) is 20.0 Å². The SMILES string of the molecule is COc1cc(C(=O)C(C#N)C(C)C)c(OC)cc1C. The van der Waals surface area contributed by atoms with Crippen molar-refractivity contribution < 1.29 is 14.3 Å². The number of carbonyl (C=O) groups excluding carboxylic acids is 1. The lowest BCUT2D eigenvalue weighted by molar-refractivity contribution is 0.0921. The zero-order valence-corrected chi connectivity index (χ0v) is 12.0. The summed E-state index contributed by atoms with van der Waals surface area (Å²) in [6.45, 7) is 5.58. The third kappa shape index (κ3) is 3.05. The maximum absolute atomic E-state index is 12.4. The van der Waals surface area contributed by atoms with Crippen LogP contribution >= 0.6 is 0 Å². The fourth-order valence-corrected chi connectivity index (χ4v) is 1.92. The predicted molar refractivity (Wildman–Crippen MR) is 72.6 cm³/mol. The Labute approximate surface area is 113 Å². The zero-order valence-electron chi connectivity index (χ0n) is 12.0. The van der Waals surface area contributed by atoms with Gasteiger partial charge < -0.3 is 9.47 Å². The van der Waals surface area contributed by atoms with Gasteiger partial charge in [0, 0.05) is 0 Å². The number of nitrogens with zero attached hydrogens (tertiary/aromatic N) is 1. The van der Waals surface area contributed by atoms with Crippen molar-refractivity contribution in [3.63, 3.8) is 0 Å². The van der Waals surface area contributed by atoms with Crippen LogP contribution in [0.3, 0.4) is 0 Å². The van der Waals surface area contributed by atoms with E-state index >= 15 is 0 Å². The average Bonchev–Trinajstić information content (AvgIpc) is 2.38. The quantitative estimate of drug-likeness (QED) is 0.764. The molecule has 102 valence electrons. The Morgan fingerprint density at radius 1 is 1.21 bits per heavy atom. The molecule has 4 heteroatoms. The second-order valence-electron chi connectivity index (χ2n) is 4.74. The lowest BCUT2D eigenvalue weighted by Crippen LogP contribution is -2.19. The van der Waals surface area contributed by atoms with Gasteiger partial charge in [-0.25, -0.2) is 0 Å². The van der Waals surface area contributed by atoms with Crippen LogP contribution in [0.5, 0.6) is 11.5 Å². The van der Waals surface area contributed by atoms with E-state index < -0.39 is 5.92 Å². The summed E-state index contributed by atoms with van der Waals surface area (Å²) in [5.74, 6) is 0.136. The highest BCUT2D eigenvalue weighted by atomic mass is 16.5. The molecule has 0 N–H and O–H groups in total. The monoisotopic (exact) mass is 261 g/mol. The molecule has 0 fully saturated rings. The number of carbonyl (C=O) groups is 1. The summed E-state index contributed by atoms with van der Waals surface area (Å²) in [7, 11) is 3.06. The van der Waals surface area contributed by atoms with Gasteiger partial charge in [-0.15, -0.1) is 0 Å². The Hall–Kier alpha value is -2.02. The highest BCUT2D eigenvalue weighted by Crippen LogP contribution is 2.31. The fourth-order valence-electron chi connectivity index (χ4n) is 1.92. The number of hydrogen-bond acceptors (Lipinski definition) is 4. The van der Waals surface area contributed by atoms with Crippen LogP contribution in [0.15, 0.2) is 12.1 Å². The van der Waals surface area contributed by atoms with E-state index in [1.807, 2.05) is 20.8 Å². The fraction of sp³-hybridized carbons (Fsp3) is 0.467. The number of ketones is 1. The summed E-state index contributed by atoms with van der Waals surface area (Å²) < 4.78 is 10.5. The summed E-state index contributed by atoms with van der Waals surface area (Å²) in [4.78, 5) is 12.4. The standard InChI is InChI=1S/C15H19NO3/c1-9(2)12(8-16)15(17)11-7-13(18-4)10(3)6-14(11)19-5/h6-7,9,12H,1-5H3. The molecule has 1 unspecified atom stereocenters. The first-order valence-electron chi connectivity index (χ1n) is 6.12. The molecule has 4 nitrogen and oxygen atoms in total. The molecule has 0 bridgehead atoms. The van der Waals surface area contributed by atoms with E-state index in [9.17, 15) is 4.79 Å². The minimum Gasteiger partial charge on any atom is -0.496 e. The Balaban J connectivity index is 3.33. The summed E-state index contributed by atoms with van der Waals surface area (Å²) in [5.41, 5.74) is 1.28. The zero-order chi connectivity index (χ0) is 14.6. The summed E-state index contributed by atoms with van der Waals surface area (Å²) in [6.07, 6.45) is 0. The van der Waals surface area contributed by atoms with Crippen molar-refractivity contribution in [1.82, 2.24) is 0 Å². The van der Waals surface area contributed by atoms with E-state index in [4.69, 9.17) is 14.7 Å². The minimum absolute atomic E-state index is 0.0468. The van der Waals surface area contributed by atoms with Crippen LogP contribution in [0, 0.1) is 30.1 Å². The average molecular weight is 261 g/mol. The molecule has 0 aromatic heterocycles. The molecule has 0 heterocycles. The van der Waals surface area contributed by atoms with Gasteiger partial charge in [0.1, 0.15) is 17.4 Å². The van der Waals surface area contributed by atoms with Gasteiger partial charge in [-0.2, -0.15) is 5.26 Å². The molecular weight excluding hydrogens is 242 g/mol. The first-order valence-corrected chi connectivity index (χ1v) is 6.12. The number of rotatable bonds is 5. The molecule has 1 atom stereocenters. The molecule has 1 aromatic carbocycles.